The second-order valence-electron chi connectivity index (χ2n) is 6.11. The summed E-state index contributed by atoms with van der Waals surface area (Å²) in [5.74, 6) is -0.0818. The van der Waals surface area contributed by atoms with E-state index in [0.717, 1.165) is 16.9 Å². The van der Waals surface area contributed by atoms with Gasteiger partial charge in [0.15, 0.2) is 0 Å². The van der Waals surface area contributed by atoms with Gasteiger partial charge >= 0.3 is 0 Å². The van der Waals surface area contributed by atoms with Crippen molar-refractivity contribution in [1.82, 2.24) is 5.32 Å². The highest BCUT2D eigenvalue weighted by atomic mass is 35.5. The molecular weight excluding hydrogens is 362 g/mol. The van der Waals surface area contributed by atoms with Gasteiger partial charge in [-0.3, -0.25) is 4.79 Å². The Labute approximate surface area is 163 Å². The van der Waals surface area contributed by atoms with Crippen LogP contribution in [0.5, 0.6) is 11.5 Å². The minimum atomic E-state index is -0.664. The van der Waals surface area contributed by atoms with Crippen molar-refractivity contribution in [2.75, 3.05) is 7.11 Å². The molecule has 0 aromatic heterocycles. The molecule has 4 nitrogen and oxygen atoms in total. The number of phenols is 1. The molecule has 27 heavy (non-hydrogen) atoms. The summed E-state index contributed by atoms with van der Waals surface area (Å²) in [6.45, 7) is 0.369. The fourth-order valence-corrected chi connectivity index (χ4v) is 3.09. The second kappa shape index (κ2) is 8.60. The third-order valence-electron chi connectivity index (χ3n) is 4.32. The number of rotatable bonds is 6. The van der Waals surface area contributed by atoms with Crippen LogP contribution in [-0.4, -0.2) is 18.1 Å². The topological polar surface area (TPSA) is 58.6 Å². The minimum Gasteiger partial charge on any atom is -0.508 e. The zero-order chi connectivity index (χ0) is 19.2. The Bertz CT molecular complexity index is 911. The molecule has 0 aliphatic heterocycles. The maximum atomic E-state index is 13.0. The Morgan fingerprint density at radius 2 is 1.78 bits per heavy atom. The maximum Gasteiger partial charge on any atom is 0.232 e. The van der Waals surface area contributed by atoms with Crippen LogP contribution >= 0.6 is 11.6 Å². The molecule has 0 spiro atoms. The van der Waals surface area contributed by atoms with Gasteiger partial charge in [0.1, 0.15) is 11.5 Å². The van der Waals surface area contributed by atoms with E-state index >= 15 is 0 Å². The molecular formula is C22H20ClNO3. The summed E-state index contributed by atoms with van der Waals surface area (Å²) in [5, 5.41) is 13.7. The Morgan fingerprint density at radius 1 is 1.07 bits per heavy atom. The molecule has 1 atom stereocenters. The van der Waals surface area contributed by atoms with Crippen LogP contribution in [0, 0.1) is 0 Å². The van der Waals surface area contributed by atoms with Crippen LogP contribution in [0.2, 0.25) is 5.02 Å². The first-order valence-corrected chi connectivity index (χ1v) is 8.90. The number of benzene rings is 3. The molecule has 0 aliphatic rings. The van der Waals surface area contributed by atoms with Gasteiger partial charge in [0.2, 0.25) is 5.91 Å². The monoisotopic (exact) mass is 381 g/mol. The number of ether oxygens (including phenoxy) is 1. The molecule has 0 fully saturated rings. The van der Waals surface area contributed by atoms with Crippen LogP contribution in [-0.2, 0) is 11.3 Å². The number of methoxy groups -OCH3 is 1. The fraction of sp³-hybridized carbons (Fsp3) is 0.136. The van der Waals surface area contributed by atoms with E-state index in [2.05, 4.69) is 5.32 Å². The lowest BCUT2D eigenvalue weighted by Crippen LogP contribution is -2.29. The van der Waals surface area contributed by atoms with Crippen molar-refractivity contribution < 1.29 is 14.6 Å². The predicted octanol–water partition coefficient (Wildman–Crippen LogP) is 4.50. The Kier molecular flexibility index (Phi) is 5.99. The van der Waals surface area contributed by atoms with Crippen LogP contribution in [0.4, 0.5) is 0 Å². The molecule has 0 heterocycles. The van der Waals surface area contributed by atoms with Gasteiger partial charge in [0.25, 0.3) is 0 Å². The molecule has 0 aliphatic carbocycles. The molecule has 0 saturated heterocycles. The number of aromatic hydroxyl groups is 1. The van der Waals surface area contributed by atoms with E-state index in [0.29, 0.717) is 17.1 Å². The van der Waals surface area contributed by atoms with Crippen molar-refractivity contribution in [3.05, 3.63) is 94.5 Å². The van der Waals surface area contributed by atoms with Crippen molar-refractivity contribution in [1.29, 1.82) is 0 Å². The average molecular weight is 382 g/mol. The van der Waals surface area contributed by atoms with Crippen molar-refractivity contribution >= 4 is 17.5 Å². The summed E-state index contributed by atoms with van der Waals surface area (Å²) in [4.78, 5) is 13.0. The molecule has 0 saturated carbocycles. The van der Waals surface area contributed by atoms with Crippen molar-refractivity contribution in [2.45, 2.75) is 12.5 Å². The Balaban J connectivity index is 1.86. The van der Waals surface area contributed by atoms with Gasteiger partial charge in [-0.05, 0) is 41.5 Å². The molecule has 5 heteroatoms. The summed E-state index contributed by atoms with van der Waals surface area (Å²) in [6.07, 6.45) is 0. The van der Waals surface area contributed by atoms with Crippen LogP contribution < -0.4 is 10.1 Å². The number of halogens is 1. The number of phenolic OH excluding ortho intramolecular Hbond substituents is 1. The van der Waals surface area contributed by atoms with Gasteiger partial charge in [-0.2, -0.15) is 0 Å². The number of amides is 1. The highest BCUT2D eigenvalue weighted by Gasteiger charge is 2.25. The molecule has 3 aromatic carbocycles. The number of nitrogens with one attached hydrogen (secondary N) is 1. The number of carbonyl (C=O) groups is 1. The first kappa shape index (κ1) is 18.8. The molecule has 2 N–H and O–H groups in total. The maximum absolute atomic E-state index is 13.0. The normalized spacial score (nSPS) is 11.6. The molecule has 1 amide bonds. The zero-order valence-electron chi connectivity index (χ0n) is 14.9. The van der Waals surface area contributed by atoms with E-state index in [-0.39, 0.29) is 11.7 Å². The van der Waals surface area contributed by atoms with E-state index < -0.39 is 5.92 Å². The predicted molar refractivity (Wildman–Crippen MR) is 106 cm³/mol. The van der Waals surface area contributed by atoms with E-state index in [9.17, 15) is 9.90 Å². The van der Waals surface area contributed by atoms with Gasteiger partial charge < -0.3 is 15.2 Å². The standard InChI is InChI=1S/C22H20ClNO3/c1-27-18-10-7-15(8-11-18)14-24-22(26)21(16-5-3-2-4-6-16)19-13-17(23)9-12-20(19)25/h2-13,21,25H,14H2,1H3,(H,24,26)/t21-/m0/s1. The molecule has 0 radical (unpaired) electrons. The van der Waals surface area contributed by atoms with Gasteiger partial charge in [-0.15, -0.1) is 0 Å². The van der Waals surface area contributed by atoms with Crippen LogP contribution in [0.3, 0.4) is 0 Å². The lowest BCUT2D eigenvalue weighted by molar-refractivity contribution is -0.121. The van der Waals surface area contributed by atoms with Gasteiger partial charge in [0.05, 0.1) is 13.0 Å². The largest absolute Gasteiger partial charge is 0.508 e. The summed E-state index contributed by atoms with van der Waals surface area (Å²) >= 11 is 6.10. The lowest BCUT2D eigenvalue weighted by Gasteiger charge is -2.19. The quantitative estimate of drug-likeness (QED) is 0.660. The highest BCUT2D eigenvalue weighted by molar-refractivity contribution is 6.30. The summed E-state index contributed by atoms with van der Waals surface area (Å²) in [5.41, 5.74) is 2.20. The van der Waals surface area contributed by atoms with E-state index in [1.165, 1.54) is 6.07 Å². The average Bonchev–Trinajstić information content (AvgIpc) is 2.70. The van der Waals surface area contributed by atoms with Crippen LogP contribution in [0.1, 0.15) is 22.6 Å². The third-order valence-corrected chi connectivity index (χ3v) is 4.56. The summed E-state index contributed by atoms with van der Waals surface area (Å²) in [7, 11) is 1.61. The Morgan fingerprint density at radius 3 is 2.44 bits per heavy atom. The second-order valence-corrected chi connectivity index (χ2v) is 6.55. The summed E-state index contributed by atoms with van der Waals surface area (Å²) < 4.78 is 5.15. The lowest BCUT2D eigenvalue weighted by atomic mass is 9.89. The minimum absolute atomic E-state index is 0.0350. The molecule has 3 aromatic rings. The zero-order valence-corrected chi connectivity index (χ0v) is 15.6. The Hall–Kier alpha value is -2.98. The highest BCUT2D eigenvalue weighted by Crippen LogP contribution is 2.33. The molecule has 0 unspecified atom stereocenters. The smallest absolute Gasteiger partial charge is 0.232 e. The van der Waals surface area contributed by atoms with Crippen molar-refractivity contribution in [2.24, 2.45) is 0 Å². The first-order chi connectivity index (χ1) is 13.1. The number of carbonyl (C=O) groups excluding carboxylic acids is 1. The van der Waals surface area contributed by atoms with Crippen LogP contribution in [0.25, 0.3) is 0 Å². The van der Waals surface area contributed by atoms with Gasteiger partial charge in [0, 0.05) is 17.1 Å². The fourth-order valence-electron chi connectivity index (χ4n) is 2.91. The molecule has 0 bridgehead atoms. The van der Waals surface area contributed by atoms with Crippen LogP contribution in [0.15, 0.2) is 72.8 Å². The third kappa shape index (κ3) is 4.60. The SMILES string of the molecule is COc1ccc(CNC(=O)[C@@H](c2ccccc2)c2cc(Cl)ccc2O)cc1. The van der Waals surface area contributed by atoms with E-state index in [1.807, 2.05) is 54.6 Å². The van der Waals surface area contributed by atoms with E-state index in [4.69, 9.17) is 16.3 Å². The van der Waals surface area contributed by atoms with Crippen molar-refractivity contribution in [3.63, 3.8) is 0 Å². The number of hydrogen-bond donors (Lipinski definition) is 2. The summed E-state index contributed by atoms with van der Waals surface area (Å²) in [6, 6.07) is 21.5. The van der Waals surface area contributed by atoms with E-state index in [1.54, 1.807) is 19.2 Å². The number of hydrogen-bond acceptors (Lipinski definition) is 3. The van der Waals surface area contributed by atoms with Crippen molar-refractivity contribution in [3.8, 4) is 11.5 Å². The molecule has 3 rings (SSSR count). The molecule has 138 valence electrons. The first-order valence-electron chi connectivity index (χ1n) is 8.52. The van der Waals surface area contributed by atoms with Gasteiger partial charge in [-0.25, -0.2) is 0 Å². The van der Waals surface area contributed by atoms with Gasteiger partial charge in [-0.1, -0.05) is 54.1 Å².